The Hall–Kier alpha value is -2.04. The Morgan fingerprint density at radius 1 is 1.26 bits per heavy atom. The Balaban J connectivity index is 1.60. The minimum atomic E-state index is -1.15. The van der Waals surface area contributed by atoms with Crippen LogP contribution in [-0.4, -0.2) is 22.7 Å². The number of nitrogens with one attached hydrogen (secondary N) is 1. The molecule has 0 saturated heterocycles. The number of carboxylic acids is 1. The predicted octanol–water partition coefficient (Wildman–Crippen LogP) is 3.34. The third kappa shape index (κ3) is 3.05. The van der Waals surface area contributed by atoms with Crippen molar-refractivity contribution in [3.63, 3.8) is 0 Å². The molecule has 3 rings (SSSR count). The molecule has 2 fully saturated rings. The molecule has 2 N–H and O–H groups in total. The van der Waals surface area contributed by atoms with Crippen LogP contribution in [0.15, 0.2) is 30.3 Å². The van der Waals surface area contributed by atoms with Crippen molar-refractivity contribution in [2.24, 2.45) is 11.3 Å². The predicted molar refractivity (Wildman–Crippen MR) is 84.8 cm³/mol. The Morgan fingerprint density at radius 3 is 2.52 bits per heavy atom. The first-order valence-corrected chi connectivity index (χ1v) is 8.19. The van der Waals surface area contributed by atoms with E-state index in [1.54, 1.807) is 0 Å². The monoisotopic (exact) mass is 317 g/mol. The molecule has 0 spiro atoms. The first kappa shape index (κ1) is 15.8. The first-order valence-electron chi connectivity index (χ1n) is 8.19. The molecule has 1 amide bonds. The van der Waals surface area contributed by atoms with Gasteiger partial charge in [-0.05, 0) is 30.2 Å². The SMILES string of the molecule is CC1(C2CC2(NC(=O)OCc2ccccc2)C(=O)O)CCCC1. The lowest BCUT2D eigenvalue weighted by Gasteiger charge is -2.26. The van der Waals surface area contributed by atoms with E-state index in [1.807, 2.05) is 30.3 Å². The van der Waals surface area contributed by atoms with Gasteiger partial charge < -0.3 is 15.2 Å². The molecule has 5 heteroatoms. The number of hydrogen-bond donors (Lipinski definition) is 2. The van der Waals surface area contributed by atoms with E-state index in [9.17, 15) is 14.7 Å². The second-order valence-corrected chi connectivity index (χ2v) is 7.08. The molecule has 0 bridgehead atoms. The topological polar surface area (TPSA) is 75.6 Å². The van der Waals surface area contributed by atoms with Crippen LogP contribution >= 0.6 is 0 Å². The van der Waals surface area contributed by atoms with Crippen molar-refractivity contribution in [1.82, 2.24) is 5.32 Å². The van der Waals surface area contributed by atoms with Crippen LogP contribution in [-0.2, 0) is 16.1 Å². The summed E-state index contributed by atoms with van der Waals surface area (Å²) in [6, 6.07) is 9.35. The maximum atomic E-state index is 12.0. The van der Waals surface area contributed by atoms with E-state index in [2.05, 4.69) is 12.2 Å². The van der Waals surface area contributed by atoms with Crippen molar-refractivity contribution in [3.05, 3.63) is 35.9 Å². The van der Waals surface area contributed by atoms with Gasteiger partial charge in [-0.25, -0.2) is 9.59 Å². The van der Waals surface area contributed by atoms with E-state index in [0.717, 1.165) is 31.2 Å². The summed E-state index contributed by atoms with van der Waals surface area (Å²) in [5.74, 6) is -0.952. The average molecular weight is 317 g/mol. The van der Waals surface area contributed by atoms with E-state index in [1.165, 1.54) is 0 Å². The number of hydrogen-bond acceptors (Lipinski definition) is 3. The summed E-state index contributed by atoms with van der Waals surface area (Å²) in [7, 11) is 0. The lowest BCUT2D eigenvalue weighted by atomic mass is 9.81. The molecule has 0 radical (unpaired) electrons. The first-order chi connectivity index (χ1) is 11.0. The smallest absolute Gasteiger partial charge is 0.408 e. The van der Waals surface area contributed by atoms with Crippen molar-refractivity contribution in [2.75, 3.05) is 0 Å². The Morgan fingerprint density at radius 2 is 1.91 bits per heavy atom. The zero-order valence-corrected chi connectivity index (χ0v) is 13.4. The van der Waals surface area contributed by atoms with Crippen LogP contribution in [0.1, 0.15) is 44.6 Å². The molecule has 1 aromatic carbocycles. The highest BCUT2D eigenvalue weighted by Crippen LogP contribution is 2.60. The van der Waals surface area contributed by atoms with Gasteiger partial charge in [0.2, 0.25) is 0 Å². The molecule has 23 heavy (non-hydrogen) atoms. The largest absolute Gasteiger partial charge is 0.479 e. The van der Waals surface area contributed by atoms with Crippen LogP contribution in [0.25, 0.3) is 0 Å². The third-order valence-electron chi connectivity index (χ3n) is 5.47. The van der Waals surface area contributed by atoms with Gasteiger partial charge in [-0.2, -0.15) is 0 Å². The Kier molecular flexibility index (Phi) is 4.04. The van der Waals surface area contributed by atoms with Crippen LogP contribution in [0.2, 0.25) is 0 Å². The van der Waals surface area contributed by atoms with Crippen LogP contribution in [0, 0.1) is 11.3 Å². The summed E-state index contributed by atoms with van der Waals surface area (Å²) in [5, 5.41) is 12.2. The number of amides is 1. The van der Waals surface area contributed by atoms with Crippen LogP contribution in [0.3, 0.4) is 0 Å². The van der Waals surface area contributed by atoms with E-state index in [0.29, 0.717) is 6.42 Å². The fourth-order valence-electron chi connectivity index (χ4n) is 4.00. The maximum absolute atomic E-state index is 12.0. The molecule has 2 saturated carbocycles. The summed E-state index contributed by atoms with van der Waals surface area (Å²) in [6.45, 7) is 2.29. The standard InChI is InChI=1S/C18H23NO4/c1-17(9-5-6-10-17)14-11-18(14,15(20)21)19-16(22)23-12-13-7-3-2-4-8-13/h2-4,7-8,14H,5-6,9-12H2,1H3,(H,19,22)(H,20,21). The summed E-state index contributed by atoms with van der Waals surface area (Å²) < 4.78 is 5.18. The molecule has 0 aliphatic heterocycles. The van der Waals surface area contributed by atoms with Gasteiger partial charge >= 0.3 is 12.1 Å². The molecule has 1 aromatic rings. The lowest BCUT2D eigenvalue weighted by molar-refractivity contribution is -0.141. The number of carbonyl (C=O) groups is 2. The minimum Gasteiger partial charge on any atom is -0.479 e. The van der Waals surface area contributed by atoms with Gasteiger partial charge in [-0.3, -0.25) is 0 Å². The highest BCUT2D eigenvalue weighted by Gasteiger charge is 2.68. The Bertz CT molecular complexity index is 594. The van der Waals surface area contributed by atoms with Gasteiger partial charge in [0.15, 0.2) is 0 Å². The number of alkyl carbamates (subject to hydrolysis) is 1. The van der Waals surface area contributed by atoms with Crippen molar-refractivity contribution < 1.29 is 19.4 Å². The summed E-state index contributed by atoms with van der Waals surface area (Å²) >= 11 is 0. The quantitative estimate of drug-likeness (QED) is 0.873. The van der Waals surface area contributed by atoms with Gasteiger partial charge in [0.1, 0.15) is 12.1 Å². The van der Waals surface area contributed by atoms with Crippen molar-refractivity contribution in [1.29, 1.82) is 0 Å². The molecule has 2 aliphatic carbocycles. The summed E-state index contributed by atoms with van der Waals surface area (Å²) in [5.41, 5.74) is -0.250. The fraction of sp³-hybridized carbons (Fsp3) is 0.556. The van der Waals surface area contributed by atoms with Gasteiger partial charge in [0.05, 0.1) is 0 Å². The number of rotatable bonds is 5. The zero-order valence-electron chi connectivity index (χ0n) is 13.4. The average Bonchev–Trinajstić information content (AvgIpc) is 3.12. The number of carbonyl (C=O) groups excluding carboxylic acids is 1. The second kappa shape index (κ2) is 5.87. The number of carboxylic acid groups (broad SMARTS) is 1. The molecule has 0 aromatic heterocycles. The molecular formula is C18H23NO4. The van der Waals surface area contributed by atoms with Gasteiger partial charge in [0, 0.05) is 5.92 Å². The van der Waals surface area contributed by atoms with Gasteiger partial charge in [-0.1, -0.05) is 50.1 Å². The van der Waals surface area contributed by atoms with Crippen molar-refractivity contribution in [2.45, 2.75) is 51.2 Å². The lowest BCUT2D eigenvalue weighted by Crippen LogP contribution is -2.47. The molecule has 0 heterocycles. The molecule has 2 atom stereocenters. The van der Waals surface area contributed by atoms with Crippen molar-refractivity contribution >= 4 is 12.1 Å². The number of aliphatic carboxylic acids is 1. The van der Waals surface area contributed by atoms with E-state index in [-0.39, 0.29) is 17.9 Å². The van der Waals surface area contributed by atoms with Crippen molar-refractivity contribution in [3.8, 4) is 0 Å². The normalized spacial score (nSPS) is 28.1. The van der Waals surface area contributed by atoms with Crippen LogP contribution < -0.4 is 5.32 Å². The molecular weight excluding hydrogens is 294 g/mol. The minimum absolute atomic E-state index is 0.000671. The summed E-state index contributed by atoms with van der Waals surface area (Å²) in [6.07, 6.45) is 4.20. The third-order valence-corrected chi connectivity index (χ3v) is 5.47. The van der Waals surface area contributed by atoms with Crippen LogP contribution in [0.5, 0.6) is 0 Å². The highest BCUT2D eigenvalue weighted by atomic mass is 16.5. The molecule has 2 unspecified atom stereocenters. The highest BCUT2D eigenvalue weighted by molar-refractivity contribution is 5.88. The second-order valence-electron chi connectivity index (χ2n) is 7.08. The van der Waals surface area contributed by atoms with E-state index in [4.69, 9.17) is 4.74 Å². The zero-order chi connectivity index (χ0) is 16.5. The maximum Gasteiger partial charge on any atom is 0.408 e. The van der Waals surface area contributed by atoms with E-state index >= 15 is 0 Å². The number of ether oxygens (including phenoxy) is 1. The summed E-state index contributed by atoms with van der Waals surface area (Å²) in [4.78, 5) is 23.8. The van der Waals surface area contributed by atoms with Gasteiger partial charge in [-0.15, -0.1) is 0 Å². The molecule has 124 valence electrons. The van der Waals surface area contributed by atoms with E-state index < -0.39 is 17.6 Å². The molecule has 5 nitrogen and oxygen atoms in total. The fourth-order valence-corrected chi connectivity index (χ4v) is 4.00. The molecule has 2 aliphatic rings. The number of benzene rings is 1. The Labute approximate surface area is 136 Å². The van der Waals surface area contributed by atoms with Crippen LogP contribution in [0.4, 0.5) is 4.79 Å². The van der Waals surface area contributed by atoms with Gasteiger partial charge in [0.25, 0.3) is 0 Å².